The van der Waals surface area contributed by atoms with Crippen LogP contribution in [0.1, 0.15) is 10.4 Å². The molecular formula is C23H22N2O9. The first-order chi connectivity index (χ1) is 16.4. The number of β-amino-alcohol motifs (C(OH)–C–C–N with tert-alkyl or cyclic N) is 1. The van der Waals surface area contributed by atoms with Gasteiger partial charge in [0.05, 0.1) is 44.2 Å². The molecule has 34 heavy (non-hydrogen) atoms. The van der Waals surface area contributed by atoms with Crippen molar-refractivity contribution < 1.29 is 43.2 Å². The Morgan fingerprint density at radius 2 is 1.82 bits per heavy atom. The normalized spacial score (nSPS) is 14.3. The summed E-state index contributed by atoms with van der Waals surface area (Å²) >= 11 is 0. The lowest BCUT2D eigenvalue weighted by Crippen LogP contribution is -2.31. The highest BCUT2D eigenvalue weighted by molar-refractivity contribution is 6.09. The molecule has 11 heteroatoms. The average molecular weight is 470 g/mol. The highest BCUT2D eigenvalue weighted by atomic mass is 16.7. The number of rotatable bonds is 8. The minimum absolute atomic E-state index is 0.0350. The van der Waals surface area contributed by atoms with Gasteiger partial charge in [0.15, 0.2) is 17.2 Å². The van der Waals surface area contributed by atoms with Gasteiger partial charge < -0.3 is 39.0 Å². The Kier molecular flexibility index (Phi) is 6.55. The fraction of sp³-hybridized carbons (Fsp3) is 0.261. The summed E-state index contributed by atoms with van der Waals surface area (Å²) in [6, 6.07) is 9.49. The Balaban J connectivity index is 1.71. The Morgan fingerprint density at radius 1 is 1.06 bits per heavy atom. The van der Waals surface area contributed by atoms with Crippen LogP contribution in [0.5, 0.6) is 23.0 Å². The van der Waals surface area contributed by atoms with E-state index in [-0.39, 0.29) is 54.8 Å². The summed E-state index contributed by atoms with van der Waals surface area (Å²) < 4.78 is 26.3. The molecule has 2 aromatic rings. The zero-order valence-electron chi connectivity index (χ0n) is 18.5. The zero-order valence-corrected chi connectivity index (χ0v) is 18.5. The molecule has 0 saturated carbocycles. The number of hydrogen-bond acceptors (Lipinski definition) is 10. The molecule has 0 fully saturated rings. The van der Waals surface area contributed by atoms with Crippen molar-refractivity contribution in [2.75, 3.05) is 46.0 Å². The highest BCUT2D eigenvalue weighted by Crippen LogP contribution is 2.39. The van der Waals surface area contributed by atoms with Crippen LogP contribution in [-0.4, -0.2) is 68.6 Å². The molecule has 1 amide bonds. The first-order valence-corrected chi connectivity index (χ1v) is 10.2. The Hall–Kier alpha value is -4.25. The number of aliphatic hydroxyl groups is 1. The number of methoxy groups -OCH3 is 2. The maximum absolute atomic E-state index is 12.9. The molecule has 178 valence electrons. The Labute approximate surface area is 194 Å². The maximum Gasteiger partial charge on any atom is 0.337 e. The van der Waals surface area contributed by atoms with E-state index in [1.54, 1.807) is 18.2 Å². The van der Waals surface area contributed by atoms with E-state index in [1.807, 2.05) is 0 Å². The Bertz CT molecular complexity index is 1180. The number of nitrogens with one attached hydrogen (secondary N) is 1. The second-order valence-corrected chi connectivity index (χ2v) is 7.24. The summed E-state index contributed by atoms with van der Waals surface area (Å²) in [4.78, 5) is 38.7. The van der Waals surface area contributed by atoms with E-state index >= 15 is 0 Å². The zero-order chi connectivity index (χ0) is 24.2. The molecule has 2 aliphatic rings. The molecule has 2 N–H and O–H groups in total. The van der Waals surface area contributed by atoms with Crippen molar-refractivity contribution >= 4 is 23.5 Å². The number of nitrogens with zero attached hydrogens (tertiary/aromatic N) is 1. The second kappa shape index (κ2) is 9.71. The van der Waals surface area contributed by atoms with Crippen LogP contribution >= 0.6 is 0 Å². The third-order valence-electron chi connectivity index (χ3n) is 5.19. The first kappa shape index (κ1) is 22.9. The van der Waals surface area contributed by atoms with Gasteiger partial charge in [0.1, 0.15) is 11.4 Å². The van der Waals surface area contributed by atoms with Crippen molar-refractivity contribution in [3.05, 3.63) is 53.2 Å². The summed E-state index contributed by atoms with van der Waals surface area (Å²) in [5.41, 5.74) is 0.466. The summed E-state index contributed by atoms with van der Waals surface area (Å²) in [5, 5.41) is 12.2. The molecule has 0 atom stereocenters. The summed E-state index contributed by atoms with van der Waals surface area (Å²) in [5.74, 6) is -0.0265. The van der Waals surface area contributed by atoms with Gasteiger partial charge in [0, 0.05) is 12.6 Å². The number of carbonyl (C=O) groups excluding carboxylic acids is 3. The van der Waals surface area contributed by atoms with E-state index in [4.69, 9.17) is 23.7 Å². The van der Waals surface area contributed by atoms with E-state index in [9.17, 15) is 19.5 Å². The first-order valence-electron chi connectivity index (χ1n) is 10.2. The quantitative estimate of drug-likeness (QED) is 0.549. The number of amides is 1. The van der Waals surface area contributed by atoms with Gasteiger partial charge in [-0.15, -0.1) is 0 Å². The van der Waals surface area contributed by atoms with E-state index in [1.165, 1.54) is 37.3 Å². The minimum Gasteiger partial charge on any atom is -0.466 e. The van der Waals surface area contributed by atoms with Crippen LogP contribution in [0, 0.1) is 0 Å². The second-order valence-electron chi connectivity index (χ2n) is 7.24. The molecule has 2 heterocycles. The van der Waals surface area contributed by atoms with Crippen LogP contribution in [0.2, 0.25) is 0 Å². The third kappa shape index (κ3) is 4.46. The van der Waals surface area contributed by atoms with E-state index < -0.39 is 17.8 Å². The molecule has 0 bridgehead atoms. The van der Waals surface area contributed by atoms with Crippen molar-refractivity contribution in [3.63, 3.8) is 0 Å². The number of hydrogen-bond donors (Lipinski definition) is 2. The van der Waals surface area contributed by atoms with Crippen LogP contribution < -0.4 is 19.5 Å². The van der Waals surface area contributed by atoms with Crippen molar-refractivity contribution in [2.45, 2.75) is 0 Å². The number of ether oxygens (including phenoxy) is 5. The van der Waals surface area contributed by atoms with Crippen molar-refractivity contribution in [1.29, 1.82) is 0 Å². The van der Waals surface area contributed by atoms with Gasteiger partial charge in [-0.2, -0.15) is 0 Å². The van der Waals surface area contributed by atoms with Crippen molar-refractivity contribution in [1.82, 2.24) is 4.90 Å². The number of benzene rings is 2. The third-order valence-corrected chi connectivity index (χ3v) is 5.19. The average Bonchev–Trinajstić information content (AvgIpc) is 3.44. The topological polar surface area (TPSA) is 133 Å². The van der Waals surface area contributed by atoms with Gasteiger partial charge in [-0.25, -0.2) is 9.59 Å². The molecule has 11 nitrogen and oxygen atoms in total. The van der Waals surface area contributed by atoms with Crippen LogP contribution in [0.25, 0.3) is 0 Å². The number of fused-ring (bicyclic) bond motifs is 1. The molecule has 0 aliphatic carbocycles. The largest absolute Gasteiger partial charge is 0.466 e. The smallest absolute Gasteiger partial charge is 0.337 e. The van der Waals surface area contributed by atoms with Gasteiger partial charge in [-0.3, -0.25) is 4.79 Å². The molecule has 2 aromatic carbocycles. The minimum atomic E-state index is -0.696. The highest BCUT2D eigenvalue weighted by Gasteiger charge is 2.35. The van der Waals surface area contributed by atoms with Crippen LogP contribution in [0.15, 0.2) is 47.7 Å². The fourth-order valence-corrected chi connectivity index (χ4v) is 3.51. The van der Waals surface area contributed by atoms with Crippen molar-refractivity contribution in [3.8, 4) is 23.0 Å². The van der Waals surface area contributed by atoms with Gasteiger partial charge in [-0.05, 0) is 30.3 Å². The molecule has 0 unspecified atom stereocenters. The molecule has 0 radical (unpaired) electrons. The molecule has 2 aliphatic heterocycles. The van der Waals surface area contributed by atoms with Gasteiger partial charge in [-0.1, -0.05) is 0 Å². The lowest BCUT2D eigenvalue weighted by atomic mass is 10.1. The van der Waals surface area contributed by atoms with Crippen LogP contribution in [-0.2, 0) is 19.1 Å². The lowest BCUT2D eigenvalue weighted by Gasteiger charge is -2.17. The van der Waals surface area contributed by atoms with Crippen LogP contribution in [0.4, 0.5) is 5.69 Å². The van der Waals surface area contributed by atoms with Gasteiger partial charge >= 0.3 is 11.9 Å². The number of aliphatic hydroxyl groups excluding tert-OH is 1. The lowest BCUT2D eigenvalue weighted by molar-refractivity contribution is -0.136. The number of esters is 2. The fourth-order valence-electron chi connectivity index (χ4n) is 3.51. The molecule has 0 aromatic heterocycles. The van der Waals surface area contributed by atoms with E-state index in [0.29, 0.717) is 17.2 Å². The summed E-state index contributed by atoms with van der Waals surface area (Å²) in [6.45, 7) is -0.170. The monoisotopic (exact) mass is 470 g/mol. The molecular weight excluding hydrogens is 448 g/mol. The predicted octanol–water partition coefficient (Wildman–Crippen LogP) is 1.67. The standard InChI is InChI=1S/C23H22N2O9/c1-30-22(28)13-3-5-17(34-14-4-6-18-19(10-14)33-12-32-18)16(9-13)24-20-15(23(29)31-2)11-25(7-8-26)21(20)27/h3-6,9-10,24,26H,7-8,11-12H2,1-2H3. The summed E-state index contributed by atoms with van der Waals surface area (Å²) in [7, 11) is 2.45. The Morgan fingerprint density at radius 3 is 2.56 bits per heavy atom. The summed E-state index contributed by atoms with van der Waals surface area (Å²) in [6.07, 6.45) is 0. The van der Waals surface area contributed by atoms with E-state index in [2.05, 4.69) is 5.32 Å². The van der Waals surface area contributed by atoms with Gasteiger partial charge in [0.2, 0.25) is 6.79 Å². The molecule has 0 saturated heterocycles. The number of carbonyl (C=O) groups is 3. The van der Waals surface area contributed by atoms with E-state index in [0.717, 1.165) is 0 Å². The van der Waals surface area contributed by atoms with Crippen molar-refractivity contribution in [2.24, 2.45) is 0 Å². The molecule has 0 spiro atoms. The maximum atomic E-state index is 12.9. The number of anilines is 1. The predicted molar refractivity (Wildman–Crippen MR) is 117 cm³/mol. The SMILES string of the molecule is COC(=O)C1=C(Nc2cc(C(=O)OC)ccc2Oc2ccc3c(c2)OCO3)C(=O)N(CCO)C1. The molecule has 4 rings (SSSR count). The van der Waals surface area contributed by atoms with Crippen LogP contribution in [0.3, 0.4) is 0 Å². The van der Waals surface area contributed by atoms with Gasteiger partial charge in [0.25, 0.3) is 5.91 Å².